The van der Waals surface area contributed by atoms with E-state index in [0.29, 0.717) is 5.02 Å². The summed E-state index contributed by atoms with van der Waals surface area (Å²) in [4.78, 5) is 4.25. The summed E-state index contributed by atoms with van der Waals surface area (Å²) in [7, 11) is 0. The maximum atomic E-state index is 12.1. The van der Waals surface area contributed by atoms with Crippen molar-refractivity contribution < 1.29 is 13.5 Å². The van der Waals surface area contributed by atoms with E-state index in [1.807, 2.05) is 6.07 Å². The van der Waals surface area contributed by atoms with E-state index in [1.54, 1.807) is 42.7 Å². The fraction of sp³-hybridized carbons (Fsp3) is 0.0588. The lowest BCUT2D eigenvalue weighted by molar-refractivity contribution is -0.0498. The third-order valence-electron chi connectivity index (χ3n) is 3.21. The number of nitrogens with one attached hydrogen (secondary N) is 1. The fourth-order valence-electron chi connectivity index (χ4n) is 2.13. The van der Waals surface area contributed by atoms with Gasteiger partial charge in [0.05, 0.1) is 17.4 Å². The van der Waals surface area contributed by atoms with Crippen molar-refractivity contribution in [1.29, 1.82) is 0 Å². The van der Waals surface area contributed by atoms with Gasteiger partial charge < -0.3 is 4.74 Å². The van der Waals surface area contributed by atoms with Crippen LogP contribution in [0.15, 0.2) is 59.8 Å². The Kier molecular flexibility index (Phi) is 4.86. The maximum Gasteiger partial charge on any atom is 0.387 e. The van der Waals surface area contributed by atoms with Crippen molar-refractivity contribution in [3.63, 3.8) is 0 Å². The molecule has 3 aromatic rings. The number of alkyl halides is 2. The lowest BCUT2D eigenvalue weighted by atomic mass is 10.2. The van der Waals surface area contributed by atoms with Crippen LogP contribution in [0.3, 0.4) is 0 Å². The molecule has 0 bridgehead atoms. The number of hydrogen-bond acceptors (Lipinski definition) is 4. The van der Waals surface area contributed by atoms with Gasteiger partial charge in [0.1, 0.15) is 5.75 Å². The van der Waals surface area contributed by atoms with Gasteiger partial charge in [0.2, 0.25) is 0 Å². The molecular weight excluding hydrogens is 336 g/mol. The summed E-state index contributed by atoms with van der Waals surface area (Å²) in [6.45, 7) is -2.83. The first kappa shape index (κ1) is 16.1. The second kappa shape index (κ2) is 7.23. The Labute approximate surface area is 141 Å². The first-order valence-electron chi connectivity index (χ1n) is 7.00. The van der Waals surface area contributed by atoms with Gasteiger partial charge in [-0.15, -0.1) is 0 Å². The number of halogens is 3. The van der Waals surface area contributed by atoms with E-state index in [9.17, 15) is 8.78 Å². The molecule has 122 valence electrons. The minimum atomic E-state index is -2.83. The molecule has 0 radical (unpaired) electrons. The lowest BCUT2D eigenvalue weighted by Gasteiger charge is -2.05. The Morgan fingerprint density at radius 3 is 2.67 bits per heavy atom. The number of anilines is 1. The number of ether oxygens (including phenoxy) is 1. The molecule has 0 unspecified atom stereocenters. The summed E-state index contributed by atoms with van der Waals surface area (Å²) in [6.07, 6.45) is 3.24. The Bertz CT molecular complexity index is 869. The average Bonchev–Trinajstić information content (AvgIpc) is 2.56. The van der Waals surface area contributed by atoms with Crippen LogP contribution < -0.4 is 10.2 Å². The van der Waals surface area contributed by atoms with Gasteiger partial charge >= 0.3 is 6.61 Å². The SMILES string of the molecule is FC(F)Oc1ccc(/C=N/Nc2ccnc3cc(Cl)ccc23)cc1. The molecule has 24 heavy (non-hydrogen) atoms. The number of rotatable bonds is 5. The molecule has 0 fully saturated rings. The van der Waals surface area contributed by atoms with Gasteiger partial charge in [0.25, 0.3) is 0 Å². The average molecular weight is 348 g/mol. The third-order valence-corrected chi connectivity index (χ3v) is 3.44. The molecule has 0 aliphatic rings. The third kappa shape index (κ3) is 3.97. The monoisotopic (exact) mass is 347 g/mol. The Morgan fingerprint density at radius 2 is 1.92 bits per heavy atom. The Morgan fingerprint density at radius 1 is 1.12 bits per heavy atom. The number of hydrazone groups is 1. The maximum absolute atomic E-state index is 12.1. The minimum Gasteiger partial charge on any atom is -0.435 e. The van der Waals surface area contributed by atoms with Crippen LogP contribution in [0.2, 0.25) is 5.02 Å². The van der Waals surface area contributed by atoms with Crippen LogP contribution in [0.1, 0.15) is 5.56 Å². The molecule has 0 aliphatic carbocycles. The van der Waals surface area contributed by atoms with E-state index in [1.165, 1.54) is 12.1 Å². The van der Waals surface area contributed by atoms with E-state index in [0.717, 1.165) is 22.2 Å². The molecule has 1 heterocycles. The van der Waals surface area contributed by atoms with Crippen LogP contribution >= 0.6 is 11.6 Å². The number of benzene rings is 2. The van der Waals surface area contributed by atoms with E-state index in [4.69, 9.17) is 11.6 Å². The van der Waals surface area contributed by atoms with E-state index >= 15 is 0 Å². The van der Waals surface area contributed by atoms with Gasteiger partial charge in [-0.25, -0.2) is 0 Å². The zero-order valence-electron chi connectivity index (χ0n) is 12.3. The van der Waals surface area contributed by atoms with Gasteiger partial charge in [-0.05, 0) is 54.1 Å². The summed E-state index contributed by atoms with van der Waals surface area (Å²) in [5.41, 5.74) is 5.22. The molecule has 2 aromatic carbocycles. The molecule has 3 rings (SSSR count). The number of aromatic nitrogens is 1. The Hall–Kier alpha value is -2.73. The predicted molar refractivity (Wildman–Crippen MR) is 91.0 cm³/mol. The van der Waals surface area contributed by atoms with Crippen LogP contribution in [-0.2, 0) is 0 Å². The number of pyridine rings is 1. The van der Waals surface area contributed by atoms with E-state index in [2.05, 4.69) is 20.2 Å². The summed E-state index contributed by atoms with van der Waals surface area (Å²) in [6, 6.07) is 13.4. The smallest absolute Gasteiger partial charge is 0.387 e. The number of nitrogens with zero attached hydrogens (tertiary/aromatic N) is 2. The highest BCUT2D eigenvalue weighted by atomic mass is 35.5. The van der Waals surface area contributed by atoms with Crippen LogP contribution in [0.4, 0.5) is 14.5 Å². The van der Waals surface area contributed by atoms with E-state index in [-0.39, 0.29) is 5.75 Å². The van der Waals surface area contributed by atoms with Crippen molar-refractivity contribution in [3.8, 4) is 5.75 Å². The highest BCUT2D eigenvalue weighted by Crippen LogP contribution is 2.24. The largest absolute Gasteiger partial charge is 0.435 e. The summed E-state index contributed by atoms with van der Waals surface area (Å²) < 4.78 is 28.5. The summed E-state index contributed by atoms with van der Waals surface area (Å²) in [5.74, 6) is 0.104. The summed E-state index contributed by atoms with van der Waals surface area (Å²) >= 11 is 5.95. The van der Waals surface area contributed by atoms with Crippen LogP contribution in [0, 0.1) is 0 Å². The molecule has 0 amide bonds. The molecule has 7 heteroatoms. The number of fused-ring (bicyclic) bond motifs is 1. The standard InChI is InChI=1S/C17H12ClF2N3O/c18-12-3-6-14-15(7-8-21-16(14)9-12)23-22-10-11-1-4-13(5-2-11)24-17(19)20/h1-10,17H,(H,21,23)/b22-10+. The van der Waals surface area contributed by atoms with Crippen molar-refractivity contribution in [2.45, 2.75) is 6.61 Å². The number of hydrogen-bond donors (Lipinski definition) is 1. The molecular formula is C17H12ClF2N3O. The first-order valence-corrected chi connectivity index (χ1v) is 7.38. The minimum absolute atomic E-state index is 0.104. The van der Waals surface area contributed by atoms with Gasteiger partial charge in [-0.1, -0.05) is 11.6 Å². The highest BCUT2D eigenvalue weighted by molar-refractivity contribution is 6.31. The molecule has 0 aliphatic heterocycles. The van der Waals surface area contributed by atoms with Gasteiger partial charge in [-0.2, -0.15) is 13.9 Å². The zero-order chi connectivity index (χ0) is 16.9. The summed E-state index contributed by atoms with van der Waals surface area (Å²) in [5, 5.41) is 5.65. The quantitative estimate of drug-likeness (QED) is 0.525. The molecule has 4 nitrogen and oxygen atoms in total. The topological polar surface area (TPSA) is 46.5 Å². The highest BCUT2D eigenvalue weighted by Gasteiger charge is 2.03. The molecule has 1 aromatic heterocycles. The molecule has 0 spiro atoms. The lowest BCUT2D eigenvalue weighted by Crippen LogP contribution is -2.01. The molecule has 1 N–H and O–H groups in total. The van der Waals surface area contributed by atoms with Crippen molar-refractivity contribution in [3.05, 3.63) is 65.3 Å². The van der Waals surface area contributed by atoms with Crippen molar-refractivity contribution >= 4 is 34.4 Å². The molecule has 0 atom stereocenters. The van der Waals surface area contributed by atoms with Crippen LogP contribution in [-0.4, -0.2) is 17.8 Å². The van der Waals surface area contributed by atoms with Crippen molar-refractivity contribution in [1.82, 2.24) is 4.98 Å². The van der Waals surface area contributed by atoms with Crippen LogP contribution in [0.5, 0.6) is 5.75 Å². The van der Waals surface area contributed by atoms with Crippen LogP contribution in [0.25, 0.3) is 10.9 Å². The van der Waals surface area contributed by atoms with E-state index < -0.39 is 6.61 Å². The van der Waals surface area contributed by atoms with Crippen molar-refractivity contribution in [2.75, 3.05) is 5.43 Å². The second-order valence-corrected chi connectivity index (χ2v) is 5.27. The fourth-order valence-corrected chi connectivity index (χ4v) is 2.30. The molecule has 0 saturated carbocycles. The Balaban J connectivity index is 1.72. The zero-order valence-corrected chi connectivity index (χ0v) is 13.0. The van der Waals surface area contributed by atoms with Crippen molar-refractivity contribution in [2.24, 2.45) is 5.10 Å². The van der Waals surface area contributed by atoms with Gasteiger partial charge in [-0.3, -0.25) is 10.4 Å². The second-order valence-electron chi connectivity index (χ2n) is 4.84. The predicted octanol–water partition coefficient (Wildman–Crippen LogP) is 4.94. The molecule has 0 saturated heterocycles. The normalized spacial score (nSPS) is 11.3. The van der Waals surface area contributed by atoms with Gasteiger partial charge in [0.15, 0.2) is 0 Å². The first-order chi connectivity index (χ1) is 11.6. The van der Waals surface area contributed by atoms with Gasteiger partial charge in [0, 0.05) is 16.6 Å².